The molecule has 0 spiro atoms. The highest BCUT2D eigenvalue weighted by atomic mass is 32.2. The number of carbonyl (C=O) groups excluding carboxylic acids is 1. The number of nitrogens with zero attached hydrogens (tertiary/aromatic N) is 1. The monoisotopic (exact) mass is 531 g/mol. The number of hydrogen-bond donors (Lipinski definition) is 0. The van der Waals surface area contributed by atoms with Crippen LogP contribution < -0.4 is 0 Å². The SMILES string of the molecule is CCCSCCCC12COCCOCCOCCOCCOCCN1C(=O)c1cc3ccccc3cc12. The van der Waals surface area contributed by atoms with Crippen LogP contribution in [0.5, 0.6) is 0 Å². The molecule has 2 aliphatic rings. The number of amides is 1. The molecule has 0 aromatic heterocycles. The molecule has 2 aromatic rings. The fourth-order valence-electron chi connectivity index (χ4n) is 5.09. The van der Waals surface area contributed by atoms with Crippen LogP contribution in [0.2, 0.25) is 0 Å². The predicted molar refractivity (Wildman–Crippen MR) is 148 cm³/mol. The first-order chi connectivity index (χ1) is 18.3. The van der Waals surface area contributed by atoms with Gasteiger partial charge in [0.2, 0.25) is 0 Å². The van der Waals surface area contributed by atoms with Crippen molar-refractivity contribution >= 4 is 28.4 Å². The van der Waals surface area contributed by atoms with Gasteiger partial charge in [0, 0.05) is 12.1 Å². The van der Waals surface area contributed by atoms with E-state index in [1.165, 1.54) is 6.42 Å². The summed E-state index contributed by atoms with van der Waals surface area (Å²) in [6.45, 7) is 7.67. The van der Waals surface area contributed by atoms with Crippen LogP contribution in [0.3, 0.4) is 0 Å². The first-order valence-corrected chi connectivity index (χ1v) is 14.7. The molecule has 2 aromatic carbocycles. The molecule has 7 nitrogen and oxygen atoms in total. The van der Waals surface area contributed by atoms with Gasteiger partial charge in [-0.3, -0.25) is 4.79 Å². The molecule has 1 atom stereocenters. The molecule has 8 heteroatoms. The van der Waals surface area contributed by atoms with E-state index < -0.39 is 5.54 Å². The zero-order chi connectivity index (χ0) is 25.8. The van der Waals surface area contributed by atoms with Crippen LogP contribution in [0.1, 0.15) is 42.1 Å². The second kappa shape index (κ2) is 15.0. The highest BCUT2D eigenvalue weighted by molar-refractivity contribution is 7.99. The van der Waals surface area contributed by atoms with Gasteiger partial charge in [0.05, 0.1) is 71.6 Å². The van der Waals surface area contributed by atoms with Crippen LogP contribution in [0.25, 0.3) is 10.8 Å². The lowest BCUT2D eigenvalue weighted by molar-refractivity contribution is -0.0438. The summed E-state index contributed by atoms with van der Waals surface area (Å²) in [5.41, 5.74) is 1.33. The van der Waals surface area contributed by atoms with Crippen LogP contribution in [0.4, 0.5) is 0 Å². The Kier molecular flexibility index (Phi) is 11.5. The fraction of sp³-hybridized carbons (Fsp3) is 0.621. The smallest absolute Gasteiger partial charge is 0.255 e. The number of thioether (sulfide) groups is 1. The third-order valence-electron chi connectivity index (χ3n) is 6.90. The number of ether oxygens (including phenoxy) is 5. The zero-order valence-electron chi connectivity index (χ0n) is 22.1. The molecule has 0 N–H and O–H groups in total. The molecule has 2 aliphatic heterocycles. The van der Waals surface area contributed by atoms with E-state index in [1.807, 2.05) is 22.7 Å². The number of fused-ring (bicyclic) bond motifs is 4. The van der Waals surface area contributed by atoms with E-state index in [9.17, 15) is 4.79 Å². The standard InChI is InChI=1S/C29H41NO6S/c1-2-19-37-20-5-8-29-23-36-18-17-35-16-15-34-14-13-33-12-11-32-10-9-30(29)28(31)26-21-24-6-3-4-7-25(24)22-27(26)29/h3-4,6-7,21-22H,2,5,8-20,23H2,1H3. The molecule has 204 valence electrons. The van der Waals surface area contributed by atoms with E-state index in [0.29, 0.717) is 72.6 Å². The Labute approximate surface area is 225 Å². The van der Waals surface area contributed by atoms with Crippen LogP contribution in [-0.2, 0) is 29.2 Å². The van der Waals surface area contributed by atoms with Crippen molar-refractivity contribution in [1.29, 1.82) is 0 Å². The Balaban J connectivity index is 1.60. The van der Waals surface area contributed by atoms with Gasteiger partial charge in [0.25, 0.3) is 5.91 Å². The first kappa shape index (κ1) is 28.3. The quantitative estimate of drug-likeness (QED) is 0.508. The minimum atomic E-state index is -0.530. The molecule has 0 bridgehead atoms. The van der Waals surface area contributed by atoms with Crippen molar-refractivity contribution in [3.05, 3.63) is 47.5 Å². The molecule has 37 heavy (non-hydrogen) atoms. The topological polar surface area (TPSA) is 66.5 Å². The summed E-state index contributed by atoms with van der Waals surface area (Å²) in [7, 11) is 0. The predicted octanol–water partition coefficient (Wildman–Crippen LogP) is 4.51. The van der Waals surface area contributed by atoms with E-state index in [-0.39, 0.29) is 5.91 Å². The summed E-state index contributed by atoms with van der Waals surface area (Å²) in [4.78, 5) is 15.9. The van der Waals surface area contributed by atoms with E-state index >= 15 is 0 Å². The van der Waals surface area contributed by atoms with Gasteiger partial charge < -0.3 is 28.6 Å². The van der Waals surface area contributed by atoms with Gasteiger partial charge in [-0.15, -0.1) is 0 Å². The maximum absolute atomic E-state index is 13.9. The average Bonchev–Trinajstić information content (AvgIpc) is 3.13. The maximum Gasteiger partial charge on any atom is 0.255 e. The fourth-order valence-corrected chi connectivity index (χ4v) is 5.93. The molecule has 1 saturated heterocycles. The Morgan fingerprint density at radius 2 is 1.41 bits per heavy atom. The molecule has 0 saturated carbocycles. The number of rotatable bonds is 6. The third kappa shape index (κ3) is 7.46. The van der Waals surface area contributed by atoms with Crippen molar-refractivity contribution in [3.63, 3.8) is 0 Å². The second-order valence-corrected chi connectivity index (χ2v) is 10.7. The molecular weight excluding hydrogens is 490 g/mol. The van der Waals surface area contributed by atoms with Gasteiger partial charge in [-0.05, 0) is 59.2 Å². The van der Waals surface area contributed by atoms with E-state index in [1.54, 1.807) is 0 Å². The van der Waals surface area contributed by atoms with Crippen LogP contribution in [-0.4, -0.2) is 94.9 Å². The average molecular weight is 532 g/mol. The summed E-state index contributed by atoms with van der Waals surface area (Å²) in [5.74, 6) is 2.29. The molecule has 1 fully saturated rings. The van der Waals surface area contributed by atoms with Crippen molar-refractivity contribution in [3.8, 4) is 0 Å². The van der Waals surface area contributed by atoms with E-state index in [4.69, 9.17) is 23.7 Å². The summed E-state index contributed by atoms with van der Waals surface area (Å²) < 4.78 is 29.0. The van der Waals surface area contributed by atoms with Gasteiger partial charge >= 0.3 is 0 Å². The Bertz CT molecular complexity index is 988. The van der Waals surface area contributed by atoms with Gasteiger partial charge in [-0.1, -0.05) is 31.2 Å². The maximum atomic E-state index is 13.9. The summed E-state index contributed by atoms with van der Waals surface area (Å²) in [5, 5.41) is 2.23. The van der Waals surface area contributed by atoms with Crippen LogP contribution in [0, 0.1) is 0 Å². The Hall–Kier alpha value is -1.68. The second-order valence-electron chi connectivity index (χ2n) is 9.45. The van der Waals surface area contributed by atoms with Gasteiger partial charge in [-0.25, -0.2) is 0 Å². The normalized spacial score (nSPS) is 22.8. The van der Waals surface area contributed by atoms with Crippen molar-refractivity contribution in [1.82, 2.24) is 4.90 Å². The van der Waals surface area contributed by atoms with Gasteiger partial charge in [0.1, 0.15) is 0 Å². The highest BCUT2D eigenvalue weighted by Crippen LogP contribution is 2.44. The van der Waals surface area contributed by atoms with Crippen molar-refractivity contribution in [2.75, 3.05) is 84.1 Å². The first-order valence-electron chi connectivity index (χ1n) is 13.6. The summed E-state index contributed by atoms with van der Waals surface area (Å²) in [6.07, 6.45) is 3.02. The molecular formula is C29H41NO6S. The number of hydrogen-bond acceptors (Lipinski definition) is 7. The van der Waals surface area contributed by atoms with Crippen molar-refractivity contribution in [2.45, 2.75) is 31.7 Å². The third-order valence-corrected chi connectivity index (χ3v) is 8.17. The largest absolute Gasteiger partial charge is 0.377 e. The number of benzene rings is 2. The highest BCUT2D eigenvalue weighted by Gasteiger charge is 2.49. The Morgan fingerprint density at radius 1 is 0.811 bits per heavy atom. The van der Waals surface area contributed by atoms with Gasteiger partial charge in [-0.2, -0.15) is 11.8 Å². The van der Waals surface area contributed by atoms with E-state index in [2.05, 4.69) is 37.3 Å². The molecule has 1 amide bonds. The van der Waals surface area contributed by atoms with Crippen molar-refractivity contribution in [2.24, 2.45) is 0 Å². The lowest BCUT2D eigenvalue weighted by Gasteiger charge is -2.39. The summed E-state index contributed by atoms with van der Waals surface area (Å²) in [6, 6.07) is 12.5. The minimum Gasteiger partial charge on any atom is -0.377 e. The Morgan fingerprint density at radius 3 is 2.05 bits per heavy atom. The van der Waals surface area contributed by atoms with Crippen LogP contribution >= 0.6 is 11.8 Å². The lowest BCUT2D eigenvalue weighted by atomic mass is 9.84. The van der Waals surface area contributed by atoms with E-state index in [0.717, 1.165) is 46.2 Å². The number of carbonyl (C=O) groups is 1. The van der Waals surface area contributed by atoms with Crippen LogP contribution in [0.15, 0.2) is 36.4 Å². The minimum absolute atomic E-state index is 0.0632. The molecule has 0 aliphatic carbocycles. The summed E-state index contributed by atoms with van der Waals surface area (Å²) >= 11 is 1.98. The van der Waals surface area contributed by atoms with Gasteiger partial charge in [0.15, 0.2) is 0 Å². The molecule has 1 unspecified atom stereocenters. The lowest BCUT2D eigenvalue weighted by Crippen LogP contribution is -2.49. The molecule has 2 heterocycles. The zero-order valence-corrected chi connectivity index (χ0v) is 22.9. The van der Waals surface area contributed by atoms with Crippen molar-refractivity contribution < 1.29 is 28.5 Å². The molecule has 0 radical (unpaired) electrons. The molecule has 4 rings (SSSR count).